The fourth-order valence-electron chi connectivity index (χ4n) is 2.46. The maximum absolute atomic E-state index is 12.3. The lowest BCUT2D eigenvalue weighted by molar-refractivity contribution is -0.142. The Morgan fingerprint density at radius 1 is 1.41 bits per heavy atom. The van der Waals surface area contributed by atoms with Crippen LogP contribution in [0.5, 0.6) is 0 Å². The zero-order valence-corrected chi connectivity index (χ0v) is 9.05. The predicted molar refractivity (Wildman–Crippen MR) is 52.1 cm³/mol. The van der Waals surface area contributed by atoms with Crippen LogP contribution in [-0.2, 0) is 12.7 Å². The average molecular weight is 247 g/mol. The summed E-state index contributed by atoms with van der Waals surface area (Å²) in [4.78, 5) is 2.07. The summed E-state index contributed by atoms with van der Waals surface area (Å²) in [5.41, 5.74) is -0.583. The van der Waals surface area contributed by atoms with E-state index < -0.39 is 11.9 Å². The van der Waals surface area contributed by atoms with Crippen molar-refractivity contribution >= 4 is 0 Å². The lowest BCUT2D eigenvalue weighted by atomic mass is 9.74. The predicted octanol–water partition coefficient (Wildman–Crippen LogP) is 1.10. The minimum Gasteiger partial charge on any atom is -0.359 e. The van der Waals surface area contributed by atoms with E-state index >= 15 is 0 Å². The van der Waals surface area contributed by atoms with E-state index in [1.54, 1.807) is 0 Å². The van der Waals surface area contributed by atoms with E-state index in [1.807, 2.05) is 0 Å². The number of halogens is 3. The molecule has 2 aliphatic heterocycles. The van der Waals surface area contributed by atoms with E-state index in [-0.39, 0.29) is 5.76 Å². The second-order valence-electron chi connectivity index (χ2n) is 4.92. The molecule has 0 radical (unpaired) electrons. The summed E-state index contributed by atoms with van der Waals surface area (Å²) in [6.45, 7) is 4.26. The van der Waals surface area contributed by atoms with Gasteiger partial charge >= 0.3 is 6.18 Å². The number of hydrogen-bond donors (Lipinski definition) is 1. The molecule has 0 saturated carbocycles. The third kappa shape index (κ3) is 1.93. The van der Waals surface area contributed by atoms with Crippen molar-refractivity contribution in [1.82, 2.24) is 15.4 Å². The first-order valence-electron chi connectivity index (χ1n) is 5.43. The van der Waals surface area contributed by atoms with Crippen LogP contribution in [0.4, 0.5) is 13.2 Å². The molecule has 2 fully saturated rings. The number of nitrogens with zero attached hydrogens (tertiary/aromatic N) is 2. The van der Waals surface area contributed by atoms with E-state index in [2.05, 4.69) is 15.4 Å². The topological polar surface area (TPSA) is 41.3 Å². The van der Waals surface area contributed by atoms with Crippen molar-refractivity contribution in [2.24, 2.45) is 5.41 Å². The fraction of sp³-hybridized carbons (Fsp3) is 0.700. The third-order valence-electron chi connectivity index (χ3n) is 3.35. The van der Waals surface area contributed by atoms with Crippen molar-refractivity contribution in [2.75, 3.05) is 26.2 Å². The lowest BCUT2D eigenvalue weighted by Crippen LogP contribution is -2.70. The number of rotatable bonds is 2. The maximum atomic E-state index is 12.3. The van der Waals surface area contributed by atoms with Gasteiger partial charge in [0.1, 0.15) is 0 Å². The molecule has 0 aromatic carbocycles. The Balaban J connectivity index is 1.57. The first kappa shape index (κ1) is 11.0. The summed E-state index contributed by atoms with van der Waals surface area (Å²) in [5.74, 6) is 0.277. The summed E-state index contributed by atoms with van der Waals surface area (Å²) in [5, 5.41) is 6.23. The molecule has 1 spiro atoms. The molecular formula is C10H12F3N3O. The van der Waals surface area contributed by atoms with E-state index in [0.717, 1.165) is 32.2 Å². The standard InChI is InChI=1S/C10H12F3N3O/c11-10(12,13)8-1-7(17-15-8)2-16-5-9(6-16)3-14-4-9/h1,14H,2-6H2. The van der Waals surface area contributed by atoms with Crippen LogP contribution in [0, 0.1) is 5.41 Å². The van der Waals surface area contributed by atoms with Crippen LogP contribution in [0.1, 0.15) is 11.5 Å². The molecule has 4 nitrogen and oxygen atoms in total. The third-order valence-corrected chi connectivity index (χ3v) is 3.35. The first-order valence-corrected chi connectivity index (χ1v) is 5.43. The molecule has 7 heteroatoms. The van der Waals surface area contributed by atoms with Gasteiger partial charge in [-0.2, -0.15) is 13.2 Å². The van der Waals surface area contributed by atoms with Gasteiger partial charge in [-0.3, -0.25) is 4.90 Å². The van der Waals surface area contributed by atoms with Crippen LogP contribution in [0.15, 0.2) is 10.6 Å². The Bertz CT molecular complexity index is 417. The van der Waals surface area contributed by atoms with Gasteiger partial charge in [0.2, 0.25) is 0 Å². The van der Waals surface area contributed by atoms with Gasteiger partial charge in [-0.05, 0) is 0 Å². The molecule has 2 aliphatic rings. The Kier molecular flexibility index (Phi) is 2.24. The van der Waals surface area contributed by atoms with E-state index in [0.29, 0.717) is 12.0 Å². The van der Waals surface area contributed by atoms with Crippen LogP contribution in [0.3, 0.4) is 0 Å². The number of aromatic nitrogens is 1. The normalized spacial score (nSPS) is 23.5. The Morgan fingerprint density at radius 3 is 2.59 bits per heavy atom. The Hall–Kier alpha value is -1.08. The van der Waals surface area contributed by atoms with E-state index in [4.69, 9.17) is 4.52 Å². The van der Waals surface area contributed by atoms with Crippen molar-refractivity contribution in [1.29, 1.82) is 0 Å². The molecule has 0 unspecified atom stereocenters. The molecule has 0 aliphatic carbocycles. The molecular weight excluding hydrogens is 235 g/mol. The minimum atomic E-state index is -4.42. The molecule has 3 heterocycles. The number of likely N-dealkylation sites (tertiary alicyclic amines) is 1. The summed E-state index contributed by atoms with van der Waals surface area (Å²) in [6, 6.07) is 0.976. The minimum absolute atomic E-state index is 0.277. The van der Waals surface area contributed by atoms with Gasteiger partial charge in [0.05, 0.1) is 6.54 Å². The largest absolute Gasteiger partial charge is 0.436 e. The quantitative estimate of drug-likeness (QED) is 0.849. The van der Waals surface area contributed by atoms with Crippen LogP contribution < -0.4 is 5.32 Å². The van der Waals surface area contributed by atoms with Crippen LogP contribution in [0.2, 0.25) is 0 Å². The molecule has 1 aromatic rings. The molecule has 0 amide bonds. The summed E-state index contributed by atoms with van der Waals surface area (Å²) < 4.78 is 41.5. The molecule has 1 aromatic heterocycles. The first-order chi connectivity index (χ1) is 7.97. The molecule has 1 N–H and O–H groups in total. The lowest BCUT2D eigenvalue weighted by Gasteiger charge is -2.56. The molecule has 0 bridgehead atoms. The smallest absolute Gasteiger partial charge is 0.359 e. The van der Waals surface area contributed by atoms with Crippen LogP contribution in [-0.4, -0.2) is 36.2 Å². The highest BCUT2D eigenvalue weighted by molar-refractivity contribution is 5.11. The van der Waals surface area contributed by atoms with E-state index in [1.165, 1.54) is 0 Å². The molecule has 2 saturated heterocycles. The molecule has 3 rings (SSSR count). The highest BCUT2D eigenvalue weighted by atomic mass is 19.4. The van der Waals surface area contributed by atoms with Gasteiger partial charge in [-0.1, -0.05) is 5.16 Å². The SMILES string of the molecule is FC(F)(F)c1cc(CN2CC3(CNC3)C2)on1. The van der Waals surface area contributed by atoms with Gasteiger partial charge in [0.25, 0.3) is 0 Å². The number of nitrogens with one attached hydrogen (secondary N) is 1. The summed E-state index contributed by atoms with van der Waals surface area (Å²) in [7, 11) is 0. The summed E-state index contributed by atoms with van der Waals surface area (Å²) in [6.07, 6.45) is -4.42. The monoisotopic (exact) mass is 247 g/mol. The Morgan fingerprint density at radius 2 is 2.12 bits per heavy atom. The summed E-state index contributed by atoms with van der Waals surface area (Å²) >= 11 is 0. The average Bonchev–Trinajstić information content (AvgIpc) is 2.54. The van der Waals surface area contributed by atoms with Crippen LogP contribution in [0.25, 0.3) is 0 Å². The Labute approximate surface area is 95.7 Å². The number of alkyl halides is 3. The highest BCUT2D eigenvalue weighted by Crippen LogP contribution is 2.35. The zero-order chi connectivity index (χ0) is 12.1. The van der Waals surface area contributed by atoms with Gasteiger partial charge in [-0.15, -0.1) is 0 Å². The molecule has 0 atom stereocenters. The van der Waals surface area contributed by atoms with Gasteiger partial charge in [0.15, 0.2) is 11.5 Å². The van der Waals surface area contributed by atoms with Crippen molar-refractivity contribution in [3.8, 4) is 0 Å². The van der Waals surface area contributed by atoms with Gasteiger partial charge in [0, 0.05) is 37.7 Å². The molecule has 17 heavy (non-hydrogen) atoms. The van der Waals surface area contributed by atoms with Gasteiger partial charge in [-0.25, -0.2) is 0 Å². The zero-order valence-electron chi connectivity index (χ0n) is 9.05. The highest BCUT2D eigenvalue weighted by Gasteiger charge is 2.47. The fourth-order valence-corrected chi connectivity index (χ4v) is 2.46. The van der Waals surface area contributed by atoms with Gasteiger partial charge < -0.3 is 9.84 Å². The van der Waals surface area contributed by atoms with Crippen molar-refractivity contribution < 1.29 is 17.7 Å². The van der Waals surface area contributed by atoms with Crippen molar-refractivity contribution in [3.63, 3.8) is 0 Å². The maximum Gasteiger partial charge on any atom is 0.436 e. The van der Waals surface area contributed by atoms with Crippen molar-refractivity contribution in [2.45, 2.75) is 12.7 Å². The van der Waals surface area contributed by atoms with Crippen LogP contribution >= 0.6 is 0 Å². The second kappa shape index (κ2) is 3.46. The molecule has 94 valence electrons. The number of hydrogen-bond acceptors (Lipinski definition) is 4. The van der Waals surface area contributed by atoms with E-state index in [9.17, 15) is 13.2 Å². The second-order valence-corrected chi connectivity index (χ2v) is 4.92. The van der Waals surface area contributed by atoms with Crippen molar-refractivity contribution in [3.05, 3.63) is 17.5 Å².